The van der Waals surface area contributed by atoms with E-state index in [0.29, 0.717) is 12.2 Å². The highest BCUT2D eigenvalue weighted by Gasteiger charge is 2.04. The van der Waals surface area contributed by atoms with Crippen molar-refractivity contribution >= 4 is 11.7 Å². The number of hydrogen-bond donors (Lipinski definition) is 1. The summed E-state index contributed by atoms with van der Waals surface area (Å²) in [6.45, 7) is 1.83. The predicted octanol–water partition coefficient (Wildman–Crippen LogP) is 1.97. The molecular weight excluding hydrogens is 214 g/mol. The van der Waals surface area contributed by atoms with E-state index < -0.39 is 0 Å². The fraction of sp³-hybridized carbons (Fsp3) is 0.154. The number of carbonyl (C=O) groups excluding carboxylic acids is 1. The zero-order valence-electron chi connectivity index (χ0n) is 9.55. The van der Waals surface area contributed by atoms with Gasteiger partial charge in [-0.05, 0) is 12.5 Å². The van der Waals surface area contributed by atoms with Crippen LogP contribution in [0.25, 0.3) is 0 Å². The maximum atomic E-state index is 11.7. The topological polar surface area (TPSA) is 54.9 Å². The summed E-state index contributed by atoms with van der Waals surface area (Å²) >= 11 is 0. The number of nitrogens with zero attached hydrogens (tertiary/aromatic N) is 2. The van der Waals surface area contributed by atoms with Gasteiger partial charge in [-0.25, -0.2) is 4.98 Å². The molecule has 2 aromatic rings. The van der Waals surface area contributed by atoms with Crippen LogP contribution in [0.2, 0.25) is 0 Å². The van der Waals surface area contributed by atoms with E-state index in [4.69, 9.17) is 0 Å². The van der Waals surface area contributed by atoms with Crippen LogP contribution in [0, 0.1) is 6.92 Å². The molecule has 0 bridgehead atoms. The Balaban J connectivity index is 1.98. The van der Waals surface area contributed by atoms with Gasteiger partial charge in [0.1, 0.15) is 0 Å². The average molecular weight is 227 g/mol. The zero-order valence-corrected chi connectivity index (χ0v) is 9.55. The molecular formula is C13H13N3O. The molecule has 0 aliphatic rings. The van der Waals surface area contributed by atoms with E-state index in [1.165, 1.54) is 6.20 Å². The molecule has 4 heteroatoms. The largest absolute Gasteiger partial charge is 0.309 e. The molecule has 1 heterocycles. The maximum Gasteiger partial charge on any atom is 0.229 e. The number of hydrogen-bond acceptors (Lipinski definition) is 3. The third kappa shape index (κ3) is 3.38. The maximum absolute atomic E-state index is 11.7. The first-order chi connectivity index (χ1) is 8.24. The molecule has 0 unspecified atom stereocenters. The highest BCUT2D eigenvalue weighted by molar-refractivity contribution is 5.91. The van der Waals surface area contributed by atoms with Crippen molar-refractivity contribution < 1.29 is 4.79 Å². The Morgan fingerprint density at radius 1 is 1.24 bits per heavy atom. The molecule has 2 rings (SSSR count). The van der Waals surface area contributed by atoms with Crippen molar-refractivity contribution in [2.24, 2.45) is 0 Å². The fourth-order valence-electron chi connectivity index (χ4n) is 1.49. The number of benzene rings is 1. The van der Waals surface area contributed by atoms with E-state index in [1.807, 2.05) is 37.3 Å². The summed E-state index contributed by atoms with van der Waals surface area (Å²) in [5, 5.41) is 2.72. The van der Waals surface area contributed by atoms with Gasteiger partial charge in [-0.2, -0.15) is 0 Å². The van der Waals surface area contributed by atoms with Crippen LogP contribution in [0.4, 0.5) is 5.82 Å². The molecule has 0 fully saturated rings. The van der Waals surface area contributed by atoms with E-state index in [2.05, 4.69) is 15.3 Å². The summed E-state index contributed by atoms with van der Waals surface area (Å²) in [4.78, 5) is 19.8. The Morgan fingerprint density at radius 2 is 2.00 bits per heavy atom. The second kappa shape index (κ2) is 5.21. The van der Waals surface area contributed by atoms with Crippen molar-refractivity contribution in [2.45, 2.75) is 13.3 Å². The lowest BCUT2D eigenvalue weighted by atomic mass is 10.1. The first-order valence-electron chi connectivity index (χ1n) is 5.36. The minimum absolute atomic E-state index is 0.0869. The summed E-state index contributed by atoms with van der Waals surface area (Å²) in [5.74, 6) is 0.405. The minimum Gasteiger partial charge on any atom is -0.309 e. The molecule has 4 nitrogen and oxygen atoms in total. The van der Waals surface area contributed by atoms with Gasteiger partial charge in [0.25, 0.3) is 0 Å². The third-order valence-corrected chi connectivity index (χ3v) is 2.23. The second-order valence-corrected chi connectivity index (χ2v) is 3.76. The summed E-state index contributed by atoms with van der Waals surface area (Å²) in [6.07, 6.45) is 3.53. The number of aryl methyl sites for hydroxylation is 1. The predicted molar refractivity (Wildman–Crippen MR) is 65.5 cm³/mol. The number of nitrogens with one attached hydrogen (secondary N) is 1. The molecule has 0 saturated heterocycles. The smallest absolute Gasteiger partial charge is 0.229 e. The van der Waals surface area contributed by atoms with Gasteiger partial charge in [0, 0.05) is 6.20 Å². The van der Waals surface area contributed by atoms with Crippen LogP contribution < -0.4 is 5.32 Å². The molecule has 1 amide bonds. The van der Waals surface area contributed by atoms with Gasteiger partial charge >= 0.3 is 0 Å². The first kappa shape index (κ1) is 11.3. The quantitative estimate of drug-likeness (QED) is 0.872. The summed E-state index contributed by atoms with van der Waals surface area (Å²) in [5.41, 5.74) is 1.76. The van der Waals surface area contributed by atoms with Gasteiger partial charge in [0.15, 0.2) is 5.82 Å². The fourth-order valence-corrected chi connectivity index (χ4v) is 1.49. The summed E-state index contributed by atoms with van der Waals surface area (Å²) in [6, 6.07) is 9.58. The van der Waals surface area contributed by atoms with Crippen molar-refractivity contribution in [1.29, 1.82) is 0 Å². The molecule has 1 N–H and O–H groups in total. The van der Waals surface area contributed by atoms with Gasteiger partial charge < -0.3 is 5.32 Å². The molecule has 17 heavy (non-hydrogen) atoms. The highest BCUT2D eigenvalue weighted by Crippen LogP contribution is 2.04. The van der Waals surface area contributed by atoms with Crippen LogP contribution in [0.1, 0.15) is 11.3 Å². The van der Waals surface area contributed by atoms with Crippen molar-refractivity contribution in [2.75, 3.05) is 5.32 Å². The van der Waals surface area contributed by atoms with Crippen LogP contribution >= 0.6 is 0 Å². The lowest BCUT2D eigenvalue weighted by Crippen LogP contribution is -2.15. The van der Waals surface area contributed by atoms with Crippen LogP contribution in [-0.4, -0.2) is 15.9 Å². The Labute approximate surface area is 99.7 Å². The zero-order chi connectivity index (χ0) is 12.1. The lowest BCUT2D eigenvalue weighted by molar-refractivity contribution is -0.115. The van der Waals surface area contributed by atoms with E-state index >= 15 is 0 Å². The van der Waals surface area contributed by atoms with Gasteiger partial charge in [0.2, 0.25) is 5.91 Å². The first-order valence-corrected chi connectivity index (χ1v) is 5.36. The average Bonchev–Trinajstić information content (AvgIpc) is 2.30. The van der Waals surface area contributed by atoms with Crippen molar-refractivity contribution in [3.8, 4) is 0 Å². The minimum atomic E-state index is -0.0869. The summed E-state index contributed by atoms with van der Waals surface area (Å²) in [7, 11) is 0. The molecule has 0 spiro atoms. The highest BCUT2D eigenvalue weighted by atomic mass is 16.1. The molecule has 86 valence electrons. The Bertz CT molecular complexity index is 511. The number of anilines is 1. The number of carbonyl (C=O) groups is 1. The molecule has 1 aromatic carbocycles. The molecule has 0 aliphatic carbocycles. The van der Waals surface area contributed by atoms with Gasteiger partial charge in [0.05, 0.1) is 18.3 Å². The molecule has 0 radical (unpaired) electrons. The van der Waals surface area contributed by atoms with Crippen molar-refractivity contribution in [3.63, 3.8) is 0 Å². The van der Waals surface area contributed by atoms with Crippen LogP contribution in [0.3, 0.4) is 0 Å². The summed E-state index contributed by atoms with van der Waals surface area (Å²) < 4.78 is 0. The normalized spacial score (nSPS) is 9.94. The molecule has 0 atom stereocenters. The monoisotopic (exact) mass is 227 g/mol. The van der Waals surface area contributed by atoms with Crippen molar-refractivity contribution in [1.82, 2.24) is 9.97 Å². The number of rotatable bonds is 3. The number of amides is 1. The Morgan fingerprint density at radius 3 is 2.71 bits per heavy atom. The third-order valence-electron chi connectivity index (χ3n) is 2.23. The Kier molecular flexibility index (Phi) is 3.45. The van der Waals surface area contributed by atoms with Gasteiger partial charge in [-0.3, -0.25) is 9.78 Å². The van der Waals surface area contributed by atoms with E-state index in [-0.39, 0.29) is 5.91 Å². The lowest BCUT2D eigenvalue weighted by Gasteiger charge is -2.04. The van der Waals surface area contributed by atoms with Crippen LogP contribution in [-0.2, 0) is 11.2 Å². The Hall–Kier alpha value is -2.23. The molecule has 0 aliphatic heterocycles. The number of aromatic nitrogens is 2. The van der Waals surface area contributed by atoms with Crippen LogP contribution in [0.5, 0.6) is 0 Å². The van der Waals surface area contributed by atoms with Crippen molar-refractivity contribution in [3.05, 3.63) is 54.0 Å². The molecule has 0 saturated carbocycles. The van der Waals surface area contributed by atoms with Gasteiger partial charge in [-0.15, -0.1) is 0 Å². The molecule has 1 aromatic heterocycles. The van der Waals surface area contributed by atoms with E-state index in [1.54, 1.807) is 6.20 Å². The van der Waals surface area contributed by atoms with Crippen LogP contribution in [0.15, 0.2) is 42.7 Å². The second-order valence-electron chi connectivity index (χ2n) is 3.76. The van der Waals surface area contributed by atoms with E-state index in [9.17, 15) is 4.79 Å². The standard InChI is InChI=1S/C13H13N3O/c1-10-8-14-9-12(15-10)16-13(17)7-11-5-3-2-4-6-11/h2-6,8-9H,7H2,1H3,(H,15,16,17). The SMILES string of the molecule is Cc1cncc(NC(=O)Cc2ccccc2)n1. The van der Waals surface area contributed by atoms with Gasteiger partial charge in [-0.1, -0.05) is 30.3 Å². The van der Waals surface area contributed by atoms with E-state index in [0.717, 1.165) is 11.3 Å².